The predicted molar refractivity (Wildman–Crippen MR) is 120 cm³/mol. The van der Waals surface area contributed by atoms with Crippen LogP contribution in [0, 0.1) is 0 Å². The molecule has 0 bridgehead atoms. The Morgan fingerprint density at radius 3 is 2.75 bits per heavy atom. The van der Waals surface area contributed by atoms with Gasteiger partial charge in [-0.2, -0.15) is 0 Å². The number of benzene rings is 1. The molecule has 1 aromatic carbocycles. The van der Waals surface area contributed by atoms with E-state index in [1.165, 1.54) is 12.5 Å². The average Bonchev–Trinajstić information content (AvgIpc) is 3.51. The van der Waals surface area contributed by atoms with Crippen LogP contribution < -0.4 is 5.32 Å². The summed E-state index contributed by atoms with van der Waals surface area (Å²) in [5, 5.41) is 3.76. The molecule has 3 aromatic heterocycles. The Bertz CT molecular complexity index is 1250. The number of carbonyl (C=O) groups is 2. The number of aromatic amines is 1. The molecule has 1 saturated heterocycles. The molecular formula is C23H21ClN6O2. The van der Waals surface area contributed by atoms with Gasteiger partial charge in [0.2, 0.25) is 0 Å². The van der Waals surface area contributed by atoms with Crippen LogP contribution in [-0.2, 0) is 0 Å². The normalized spacial score (nSPS) is 18.6. The number of nitrogens with zero attached hydrogens (tertiary/aromatic N) is 4. The number of pyridine rings is 1. The molecule has 2 amide bonds. The van der Waals surface area contributed by atoms with E-state index in [-0.39, 0.29) is 23.8 Å². The molecule has 9 heteroatoms. The molecule has 0 radical (unpaired) electrons. The van der Waals surface area contributed by atoms with Crippen molar-refractivity contribution in [1.82, 2.24) is 29.6 Å². The summed E-state index contributed by atoms with van der Waals surface area (Å²) >= 11 is 6.07. The second-order valence-corrected chi connectivity index (χ2v) is 8.29. The maximum Gasteiger partial charge on any atom is 0.269 e. The quantitative estimate of drug-likeness (QED) is 0.501. The zero-order chi connectivity index (χ0) is 22.1. The van der Waals surface area contributed by atoms with Crippen LogP contribution in [-0.4, -0.2) is 55.2 Å². The zero-order valence-electron chi connectivity index (χ0n) is 17.1. The minimum absolute atomic E-state index is 0.0500. The Kier molecular flexibility index (Phi) is 5.36. The molecule has 1 aliphatic rings. The molecule has 1 aliphatic heterocycles. The number of piperidine rings is 1. The monoisotopic (exact) mass is 448 g/mol. The number of nitrogens with one attached hydrogen (secondary N) is 2. The highest BCUT2D eigenvalue weighted by molar-refractivity contribution is 6.30. The third kappa shape index (κ3) is 3.85. The number of hydrogen-bond donors (Lipinski definition) is 2. The Morgan fingerprint density at radius 2 is 1.97 bits per heavy atom. The molecule has 0 aliphatic carbocycles. The predicted octanol–water partition coefficient (Wildman–Crippen LogP) is 3.14. The molecule has 2 N–H and O–H groups in total. The zero-order valence-corrected chi connectivity index (χ0v) is 17.9. The lowest BCUT2D eigenvalue weighted by molar-refractivity contribution is 0.0656. The van der Waals surface area contributed by atoms with Crippen LogP contribution in [0.5, 0.6) is 0 Å². The summed E-state index contributed by atoms with van der Waals surface area (Å²) < 4.78 is 1.82. The molecule has 4 aromatic rings. The van der Waals surface area contributed by atoms with Crippen LogP contribution in [0.25, 0.3) is 5.52 Å². The van der Waals surface area contributed by atoms with Crippen molar-refractivity contribution in [1.29, 1.82) is 0 Å². The first-order valence-electron chi connectivity index (χ1n) is 10.3. The molecule has 0 spiro atoms. The van der Waals surface area contributed by atoms with Crippen molar-refractivity contribution < 1.29 is 9.59 Å². The SMILES string of the molecule is O=C(N[C@@H]1CN(C(=O)c2cccn3cncc23)CC[C@H]1c1ccc(Cl)cc1)c1cnc[nH]1. The first-order valence-corrected chi connectivity index (χ1v) is 10.7. The van der Waals surface area contributed by atoms with Gasteiger partial charge >= 0.3 is 0 Å². The highest BCUT2D eigenvalue weighted by Gasteiger charge is 2.34. The fraction of sp³-hybridized carbons (Fsp3) is 0.217. The van der Waals surface area contributed by atoms with Crippen molar-refractivity contribution in [3.05, 3.63) is 89.5 Å². The van der Waals surface area contributed by atoms with E-state index in [0.717, 1.165) is 11.1 Å². The minimum Gasteiger partial charge on any atom is -0.346 e. The van der Waals surface area contributed by atoms with E-state index in [0.29, 0.717) is 35.8 Å². The van der Waals surface area contributed by atoms with Gasteiger partial charge in [-0.05, 0) is 36.2 Å². The summed E-state index contributed by atoms with van der Waals surface area (Å²) in [5.41, 5.74) is 2.81. The molecule has 162 valence electrons. The molecule has 2 atom stereocenters. The number of halogens is 1. The van der Waals surface area contributed by atoms with Gasteiger partial charge in [-0.25, -0.2) is 9.97 Å². The molecule has 32 heavy (non-hydrogen) atoms. The van der Waals surface area contributed by atoms with Crippen molar-refractivity contribution in [2.45, 2.75) is 18.4 Å². The third-order valence-corrected chi connectivity index (χ3v) is 6.19. The number of fused-ring (bicyclic) bond motifs is 1. The van der Waals surface area contributed by atoms with Gasteiger partial charge in [0, 0.05) is 30.2 Å². The van der Waals surface area contributed by atoms with E-state index in [4.69, 9.17) is 11.6 Å². The van der Waals surface area contributed by atoms with Crippen LogP contribution >= 0.6 is 11.6 Å². The van der Waals surface area contributed by atoms with E-state index in [1.54, 1.807) is 17.4 Å². The third-order valence-electron chi connectivity index (χ3n) is 5.94. The van der Waals surface area contributed by atoms with Crippen LogP contribution in [0.4, 0.5) is 0 Å². The molecule has 0 saturated carbocycles. The molecule has 4 heterocycles. The van der Waals surface area contributed by atoms with Crippen molar-refractivity contribution >= 4 is 28.9 Å². The number of rotatable bonds is 4. The lowest BCUT2D eigenvalue weighted by Gasteiger charge is -2.39. The number of likely N-dealkylation sites (tertiary alicyclic amines) is 1. The molecule has 1 fully saturated rings. The van der Waals surface area contributed by atoms with Gasteiger partial charge in [0.15, 0.2) is 0 Å². The molecule has 5 rings (SSSR count). The maximum absolute atomic E-state index is 13.4. The molecule has 8 nitrogen and oxygen atoms in total. The average molecular weight is 449 g/mol. The van der Waals surface area contributed by atoms with Crippen molar-refractivity contribution in [2.24, 2.45) is 0 Å². The Hall–Kier alpha value is -3.65. The van der Waals surface area contributed by atoms with E-state index in [1.807, 2.05) is 47.0 Å². The standard InChI is InChI=1S/C23H21ClN6O2/c24-16-5-3-15(4-6-16)17-7-9-29(12-20(17)28-22(31)19-10-25-13-27-19)23(32)18-2-1-8-30-14-26-11-21(18)30/h1-6,8,10-11,13-14,17,20H,7,9,12H2,(H,25,27)(H,28,31)/t17-,20+/m0/s1. The van der Waals surface area contributed by atoms with Gasteiger partial charge in [-0.3, -0.25) is 9.59 Å². The summed E-state index contributed by atoms with van der Waals surface area (Å²) in [6, 6.07) is 11.0. The number of imidazole rings is 2. The summed E-state index contributed by atoms with van der Waals surface area (Å²) in [7, 11) is 0. The fourth-order valence-corrected chi connectivity index (χ4v) is 4.44. The van der Waals surface area contributed by atoms with Gasteiger partial charge < -0.3 is 19.6 Å². The lowest BCUT2D eigenvalue weighted by Crippen LogP contribution is -2.53. The van der Waals surface area contributed by atoms with E-state index >= 15 is 0 Å². The van der Waals surface area contributed by atoms with E-state index < -0.39 is 0 Å². The lowest BCUT2D eigenvalue weighted by atomic mass is 9.85. The van der Waals surface area contributed by atoms with E-state index in [2.05, 4.69) is 20.3 Å². The van der Waals surface area contributed by atoms with Gasteiger partial charge in [0.05, 0.1) is 42.2 Å². The van der Waals surface area contributed by atoms with Crippen molar-refractivity contribution in [2.75, 3.05) is 13.1 Å². The first-order chi connectivity index (χ1) is 15.6. The number of amides is 2. The molecule has 0 unspecified atom stereocenters. The van der Waals surface area contributed by atoms with Crippen molar-refractivity contribution in [3.63, 3.8) is 0 Å². The van der Waals surface area contributed by atoms with Crippen LogP contribution in [0.3, 0.4) is 0 Å². The Balaban J connectivity index is 1.42. The highest BCUT2D eigenvalue weighted by Crippen LogP contribution is 2.30. The van der Waals surface area contributed by atoms with E-state index in [9.17, 15) is 9.59 Å². The van der Waals surface area contributed by atoms with Gasteiger partial charge in [0.1, 0.15) is 5.69 Å². The summed E-state index contributed by atoms with van der Waals surface area (Å²) in [5.74, 6) is -0.279. The second-order valence-electron chi connectivity index (χ2n) is 7.85. The maximum atomic E-state index is 13.4. The second kappa shape index (κ2) is 8.47. The Labute approximate surface area is 189 Å². The number of H-pyrrole nitrogens is 1. The van der Waals surface area contributed by atoms with Crippen molar-refractivity contribution in [3.8, 4) is 0 Å². The topological polar surface area (TPSA) is 95.4 Å². The van der Waals surface area contributed by atoms with Crippen LogP contribution in [0.15, 0.2) is 67.6 Å². The summed E-state index contributed by atoms with van der Waals surface area (Å²) in [4.78, 5) is 38.9. The Morgan fingerprint density at radius 1 is 1.12 bits per heavy atom. The van der Waals surface area contributed by atoms with Gasteiger partial charge in [-0.1, -0.05) is 23.7 Å². The summed E-state index contributed by atoms with van der Waals surface area (Å²) in [6.45, 7) is 0.971. The number of carbonyl (C=O) groups excluding carboxylic acids is 2. The van der Waals surface area contributed by atoms with Crippen LogP contribution in [0.2, 0.25) is 5.02 Å². The highest BCUT2D eigenvalue weighted by atomic mass is 35.5. The summed E-state index contributed by atoms with van der Waals surface area (Å²) in [6.07, 6.45) is 8.88. The smallest absolute Gasteiger partial charge is 0.269 e. The van der Waals surface area contributed by atoms with Gasteiger partial charge in [-0.15, -0.1) is 0 Å². The number of hydrogen-bond acceptors (Lipinski definition) is 4. The first kappa shape index (κ1) is 20.3. The van der Waals surface area contributed by atoms with Gasteiger partial charge in [0.25, 0.3) is 11.8 Å². The molecular weight excluding hydrogens is 428 g/mol. The minimum atomic E-state index is -0.269. The number of aromatic nitrogens is 4. The fourth-order valence-electron chi connectivity index (χ4n) is 4.32. The largest absolute Gasteiger partial charge is 0.346 e. The van der Waals surface area contributed by atoms with Crippen LogP contribution in [0.1, 0.15) is 38.7 Å².